The molecular formula is C19H29N5O3S. The average molecular weight is 408 g/mol. The molecule has 0 saturated carbocycles. The van der Waals surface area contributed by atoms with Crippen molar-refractivity contribution in [3.8, 4) is 0 Å². The Kier molecular flexibility index (Phi) is 7.38. The van der Waals surface area contributed by atoms with E-state index in [1.54, 1.807) is 13.4 Å². The maximum absolute atomic E-state index is 12.0. The van der Waals surface area contributed by atoms with Crippen molar-refractivity contribution in [3.05, 3.63) is 24.2 Å². The maximum atomic E-state index is 12.0. The van der Waals surface area contributed by atoms with Crippen LogP contribution >= 0.6 is 11.8 Å². The van der Waals surface area contributed by atoms with Gasteiger partial charge in [0.2, 0.25) is 11.9 Å². The van der Waals surface area contributed by atoms with E-state index in [0.717, 1.165) is 30.0 Å². The summed E-state index contributed by atoms with van der Waals surface area (Å²) in [5.41, 5.74) is 0. The summed E-state index contributed by atoms with van der Waals surface area (Å²) in [7, 11) is 1.61. The number of anilines is 1. The predicted octanol–water partition coefficient (Wildman–Crippen LogP) is 2.26. The molecule has 1 aliphatic rings. The normalized spacial score (nSPS) is 19.8. The lowest BCUT2D eigenvalue weighted by molar-refractivity contribution is -0.118. The van der Waals surface area contributed by atoms with E-state index in [0.29, 0.717) is 31.5 Å². The Morgan fingerprint density at radius 2 is 2.14 bits per heavy atom. The Balaban J connectivity index is 1.74. The van der Waals surface area contributed by atoms with Crippen LogP contribution in [0.3, 0.4) is 0 Å². The zero-order chi connectivity index (χ0) is 19.9. The molecule has 0 radical (unpaired) electrons. The maximum Gasteiger partial charge on any atom is 0.230 e. The molecule has 1 amide bonds. The minimum atomic E-state index is -0.0450. The van der Waals surface area contributed by atoms with Gasteiger partial charge in [-0.25, -0.2) is 0 Å². The van der Waals surface area contributed by atoms with Gasteiger partial charge in [-0.1, -0.05) is 25.6 Å². The van der Waals surface area contributed by atoms with E-state index in [1.807, 2.05) is 12.1 Å². The van der Waals surface area contributed by atoms with E-state index in [4.69, 9.17) is 9.15 Å². The zero-order valence-corrected chi connectivity index (χ0v) is 17.6. The molecular weight excluding hydrogens is 378 g/mol. The number of rotatable bonds is 9. The SMILES string of the molecule is COCCNC(=O)CSc1nnc(N2CC(C)CC(C)C2)n1Cc1ccco1. The van der Waals surface area contributed by atoms with Crippen LogP contribution in [0.4, 0.5) is 5.95 Å². The monoisotopic (exact) mass is 407 g/mol. The number of methoxy groups -OCH3 is 1. The number of aromatic nitrogens is 3. The highest BCUT2D eigenvalue weighted by atomic mass is 32.2. The van der Waals surface area contributed by atoms with E-state index >= 15 is 0 Å². The molecule has 28 heavy (non-hydrogen) atoms. The Morgan fingerprint density at radius 3 is 2.82 bits per heavy atom. The van der Waals surface area contributed by atoms with Crippen molar-refractivity contribution in [2.45, 2.75) is 32.0 Å². The van der Waals surface area contributed by atoms with Crippen LogP contribution in [0.1, 0.15) is 26.0 Å². The smallest absolute Gasteiger partial charge is 0.230 e. The highest BCUT2D eigenvalue weighted by Gasteiger charge is 2.27. The van der Waals surface area contributed by atoms with Crippen LogP contribution in [-0.4, -0.2) is 59.8 Å². The average Bonchev–Trinajstić information content (AvgIpc) is 3.30. The molecule has 1 fully saturated rings. The van der Waals surface area contributed by atoms with E-state index in [1.165, 1.54) is 18.2 Å². The molecule has 2 aromatic heterocycles. The number of piperidine rings is 1. The fraction of sp³-hybridized carbons (Fsp3) is 0.632. The standard InChI is InChI=1S/C19H29N5O3S/c1-14-9-15(2)11-23(10-14)18-21-22-19(24(18)12-16-5-4-7-27-16)28-13-17(25)20-6-8-26-3/h4-5,7,14-15H,6,8-13H2,1-3H3,(H,20,25). The number of carbonyl (C=O) groups excluding carboxylic acids is 1. The first-order valence-corrected chi connectivity index (χ1v) is 10.6. The first-order chi connectivity index (χ1) is 13.6. The summed E-state index contributed by atoms with van der Waals surface area (Å²) < 4.78 is 12.5. The quantitative estimate of drug-likeness (QED) is 0.504. The fourth-order valence-electron chi connectivity index (χ4n) is 3.62. The summed E-state index contributed by atoms with van der Waals surface area (Å²) in [5.74, 6) is 3.15. The zero-order valence-electron chi connectivity index (χ0n) is 16.8. The number of amides is 1. The molecule has 3 rings (SSSR count). The number of nitrogens with one attached hydrogen (secondary N) is 1. The lowest BCUT2D eigenvalue weighted by atomic mass is 9.92. The van der Waals surface area contributed by atoms with Gasteiger partial charge in [0.15, 0.2) is 5.16 Å². The molecule has 2 atom stereocenters. The van der Waals surface area contributed by atoms with Gasteiger partial charge in [-0.15, -0.1) is 10.2 Å². The minimum absolute atomic E-state index is 0.0450. The van der Waals surface area contributed by atoms with Crippen molar-refractivity contribution < 1.29 is 13.9 Å². The number of ether oxygens (including phenoxy) is 1. The third kappa shape index (κ3) is 5.51. The molecule has 0 bridgehead atoms. The third-order valence-electron chi connectivity index (χ3n) is 4.70. The predicted molar refractivity (Wildman–Crippen MR) is 109 cm³/mol. The minimum Gasteiger partial charge on any atom is -0.467 e. The summed E-state index contributed by atoms with van der Waals surface area (Å²) in [6.45, 7) is 8.02. The van der Waals surface area contributed by atoms with Crippen LogP contribution in [0, 0.1) is 11.8 Å². The van der Waals surface area contributed by atoms with E-state index in [-0.39, 0.29) is 11.7 Å². The molecule has 1 aliphatic heterocycles. The first-order valence-electron chi connectivity index (χ1n) is 9.65. The number of hydrogen-bond donors (Lipinski definition) is 1. The van der Waals surface area contributed by atoms with Gasteiger partial charge in [0.25, 0.3) is 0 Å². The highest BCUT2D eigenvalue weighted by Crippen LogP contribution is 2.28. The van der Waals surface area contributed by atoms with Crippen molar-refractivity contribution in [1.29, 1.82) is 0 Å². The van der Waals surface area contributed by atoms with Crippen LogP contribution in [0.2, 0.25) is 0 Å². The van der Waals surface area contributed by atoms with Gasteiger partial charge in [-0.2, -0.15) is 0 Å². The van der Waals surface area contributed by atoms with Crippen molar-refractivity contribution >= 4 is 23.6 Å². The number of carbonyl (C=O) groups is 1. The Bertz CT molecular complexity index is 739. The van der Waals surface area contributed by atoms with Gasteiger partial charge in [-0.05, 0) is 30.4 Å². The lowest BCUT2D eigenvalue weighted by Gasteiger charge is -2.35. The second-order valence-electron chi connectivity index (χ2n) is 7.43. The Hall–Kier alpha value is -2.00. The van der Waals surface area contributed by atoms with Gasteiger partial charge >= 0.3 is 0 Å². The van der Waals surface area contributed by atoms with Gasteiger partial charge < -0.3 is 19.4 Å². The summed E-state index contributed by atoms with van der Waals surface area (Å²) >= 11 is 1.39. The number of nitrogens with zero attached hydrogens (tertiary/aromatic N) is 4. The van der Waals surface area contributed by atoms with Crippen molar-refractivity contribution in [1.82, 2.24) is 20.1 Å². The molecule has 1 N–H and O–H groups in total. The molecule has 0 spiro atoms. The molecule has 154 valence electrons. The van der Waals surface area contributed by atoms with Gasteiger partial charge in [0.05, 0.1) is 25.2 Å². The van der Waals surface area contributed by atoms with Crippen molar-refractivity contribution in [2.75, 3.05) is 44.0 Å². The lowest BCUT2D eigenvalue weighted by Crippen LogP contribution is -2.40. The number of furan rings is 1. The third-order valence-corrected chi connectivity index (χ3v) is 5.67. The molecule has 8 nitrogen and oxygen atoms in total. The largest absolute Gasteiger partial charge is 0.467 e. The molecule has 0 aliphatic carbocycles. The van der Waals surface area contributed by atoms with Gasteiger partial charge in [0.1, 0.15) is 5.76 Å². The highest BCUT2D eigenvalue weighted by molar-refractivity contribution is 7.99. The molecule has 3 heterocycles. The van der Waals surface area contributed by atoms with Crippen molar-refractivity contribution in [3.63, 3.8) is 0 Å². The van der Waals surface area contributed by atoms with E-state index in [9.17, 15) is 4.79 Å². The Labute approximate surface area is 170 Å². The fourth-order valence-corrected chi connectivity index (χ4v) is 4.38. The number of hydrogen-bond acceptors (Lipinski definition) is 7. The van der Waals surface area contributed by atoms with E-state index in [2.05, 4.69) is 38.8 Å². The summed E-state index contributed by atoms with van der Waals surface area (Å²) in [6, 6.07) is 3.82. The first kappa shape index (κ1) is 20.7. The van der Waals surface area contributed by atoms with Gasteiger partial charge in [-0.3, -0.25) is 9.36 Å². The van der Waals surface area contributed by atoms with Crippen molar-refractivity contribution in [2.24, 2.45) is 11.8 Å². The summed E-state index contributed by atoms with van der Waals surface area (Å²) in [5, 5.41) is 12.4. The van der Waals surface area contributed by atoms with Crippen LogP contribution in [0.25, 0.3) is 0 Å². The molecule has 0 aromatic carbocycles. The topological polar surface area (TPSA) is 85.4 Å². The number of thioether (sulfide) groups is 1. The van der Waals surface area contributed by atoms with E-state index < -0.39 is 0 Å². The van der Waals surface area contributed by atoms with Crippen LogP contribution < -0.4 is 10.2 Å². The Morgan fingerprint density at radius 1 is 1.36 bits per heavy atom. The van der Waals surface area contributed by atoms with Crippen LogP contribution in [-0.2, 0) is 16.1 Å². The molecule has 1 saturated heterocycles. The second kappa shape index (κ2) is 9.97. The summed E-state index contributed by atoms with van der Waals surface area (Å²) in [4.78, 5) is 14.3. The van der Waals surface area contributed by atoms with Crippen LogP contribution in [0.5, 0.6) is 0 Å². The second-order valence-corrected chi connectivity index (χ2v) is 8.37. The molecule has 2 unspecified atom stereocenters. The summed E-state index contributed by atoms with van der Waals surface area (Å²) in [6.07, 6.45) is 2.90. The molecule has 9 heteroatoms. The van der Waals surface area contributed by atoms with Crippen LogP contribution in [0.15, 0.2) is 28.0 Å². The van der Waals surface area contributed by atoms with Gasteiger partial charge in [0, 0.05) is 26.7 Å². The molecule has 2 aromatic rings.